The third-order valence-electron chi connectivity index (χ3n) is 6.51. The third-order valence-corrected chi connectivity index (χ3v) is 6.87. The van der Waals surface area contributed by atoms with Crippen molar-refractivity contribution in [2.24, 2.45) is 0 Å². The standard InChI is InChI=1S/C23H17ClF3N5O2/c1-22-8-23(9-22,10-34-22)30-21(33)11-2-3-32-16(4-11)29-18(19(32)24)17-13(5-12(25)6-15(17)26)14-7-28-31-20(14)27/h2-7H,8-10H2,1H3,(H,28,31)(H,30,33). The summed E-state index contributed by atoms with van der Waals surface area (Å²) in [4.78, 5) is 17.3. The van der Waals surface area contributed by atoms with Crippen LogP contribution >= 0.6 is 11.6 Å². The molecule has 0 atom stereocenters. The average molecular weight is 488 g/mol. The highest BCUT2D eigenvalue weighted by molar-refractivity contribution is 6.32. The molecule has 2 saturated heterocycles. The van der Waals surface area contributed by atoms with E-state index in [2.05, 4.69) is 20.5 Å². The van der Waals surface area contributed by atoms with Gasteiger partial charge in [-0.2, -0.15) is 4.39 Å². The minimum atomic E-state index is -0.966. The summed E-state index contributed by atoms with van der Waals surface area (Å²) in [7, 11) is 0. The number of fused-ring (bicyclic) bond motifs is 2. The van der Waals surface area contributed by atoms with Gasteiger partial charge in [0, 0.05) is 48.0 Å². The third kappa shape index (κ3) is 3.13. The number of carbonyl (C=O) groups excluding carboxylic acids is 1. The van der Waals surface area contributed by atoms with Crippen LogP contribution in [0.3, 0.4) is 0 Å². The molecule has 0 spiro atoms. The molecule has 3 aromatic heterocycles. The van der Waals surface area contributed by atoms with Crippen molar-refractivity contribution in [3.05, 3.63) is 65.0 Å². The number of H-pyrrole nitrogens is 1. The van der Waals surface area contributed by atoms with Crippen LogP contribution in [0.25, 0.3) is 28.0 Å². The number of ether oxygens (including phenoxy) is 1. The molecule has 2 N–H and O–H groups in total. The molecule has 1 aromatic carbocycles. The first-order chi connectivity index (χ1) is 16.2. The molecular formula is C23H17ClF3N5O2. The number of pyridine rings is 1. The fourth-order valence-corrected chi connectivity index (χ4v) is 5.42. The number of imidazole rings is 1. The smallest absolute Gasteiger partial charge is 0.251 e. The van der Waals surface area contributed by atoms with Gasteiger partial charge in [-0.15, -0.1) is 5.10 Å². The van der Waals surface area contributed by atoms with E-state index in [4.69, 9.17) is 16.3 Å². The van der Waals surface area contributed by atoms with Gasteiger partial charge >= 0.3 is 0 Å². The molecule has 1 aliphatic carbocycles. The minimum Gasteiger partial charge on any atom is -0.373 e. The summed E-state index contributed by atoms with van der Waals surface area (Å²) in [5.74, 6) is -3.07. The zero-order chi connectivity index (χ0) is 23.8. The summed E-state index contributed by atoms with van der Waals surface area (Å²) >= 11 is 6.50. The fourth-order valence-electron chi connectivity index (χ4n) is 5.14. The van der Waals surface area contributed by atoms with E-state index in [0.717, 1.165) is 18.9 Å². The van der Waals surface area contributed by atoms with Crippen molar-refractivity contribution in [2.75, 3.05) is 6.61 Å². The topological polar surface area (TPSA) is 84.3 Å². The summed E-state index contributed by atoms with van der Waals surface area (Å²) in [6.45, 7) is 2.48. The van der Waals surface area contributed by atoms with E-state index in [1.807, 2.05) is 6.92 Å². The number of carbonyl (C=O) groups is 1. The highest BCUT2D eigenvalue weighted by atomic mass is 35.5. The number of nitrogens with one attached hydrogen (secondary N) is 2. The Morgan fingerprint density at radius 1 is 1.24 bits per heavy atom. The van der Waals surface area contributed by atoms with Crippen LogP contribution < -0.4 is 5.32 Å². The molecule has 11 heteroatoms. The molecular weight excluding hydrogens is 471 g/mol. The van der Waals surface area contributed by atoms with Gasteiger partial charge in [0.05, 0.1) is 23.3 Å². The second kappa shape index (κ2) is 7.07. The first-order valence-electron chi connectivity index (χ1n) is 10.5. The van der Waals surface area contributed by atoms with Crippen molar-refractivity contribution in [3.63, 3.8) is 0 Å². The van der Waals surface area contributed by atoms with Crippen molar-refractivity contribution in [2.45, 2.75) is 30.9 Å². The van der Waals surface area contributed by atoms with Crippen molar-refractivity contribution in [1.82, 2.24) is 24.9 Å². The van der Waals surface area contributed by atoms with E-state index < -0.39 is 17.6 Å². The molecule has 3 fully saturated rings. The van der Waals surface area contributed by atoms with Gasteiger partial charge in [0.2, 0.25) is 5.95 Å². The molecule has 7 rings (SSSR count). The maximum absolute atomic E-state index is 15.0. The van der Waals surface area contributed by atoms with Crippen molar-refractivity contribution < 1.29 is 22.7 Å². The lowest BCUT2D eigenvalue weighted by Crippen LogP contribution is -2.58. The van der Waals surface area contributed by atoms with Crippen molar-refractivity contribution >= 4 is 23.2 Å². The SMILES string of the molecule is CC12CC(NC(=O)c3ccn4c(Cl)c(-c5c(F)cc(F)cc5-c5c[nH]nc5F)nc4c3)(CO1)C2. The van der Waals surface area contributed by atoms with E-state index in [0.29, 0.717) is 18.2 Å². The number of benzene rings is 1. The van der Waals surface area contributed by atoms with Crippen LogP contribution in [0, 0.1) is 17.6 Å². The van der Waals surface area contributed by atoms with Crippen LogP contribution in [0.5, 0.6) is 0 Å². The predicted molar refractivity (Wildman–Crippen MR) is 117 cm³/mol. The summed E-state index contributed by atoms with van der Waals surface area (Å²) in [6, 6.07) is 4.75. The van der Waals surface area contributed by atoms with Crippen LogP contribution in [0.2, 0.25) is 5.15 Å². The van der Waals surface area contributed by atoms with Gasteiger partial charge in [0.1, 0.15) is 28.1 Å². The maximum atomic E-state index is 15.0. The van der Waals surface area contributed by atoms with E-state index in [1.165, 1.54) is 22.9 Å². The summed E-state index contributed by atoms with van der Waals surface area (Å²) in [6.07, 6.45) is 4.24. The van der Waals surface area contributed by atoms with E-state index in [-0.39, 0.29) is 50.2 Å². The summed E-state index contributed by atoms with van der Waals surface area (Å²) < 4.78 is 50.3. The Hall–Kier alpha value is -3.37. The lowest BCUT2D eigenvalue weighted by molar-refractivity contribution is 0.0127. The molecule has 5 heterocycles. The molecule has 1 saturated carbocycles. The highest BCUT2D eigenvalue weighted by Crippen LogP contribution is 2.51. The number of rotatable bonds is 4. The highest BCUT2D eigenvalue weighted by Gasteiger charge is 2.60. The number of halogens is 4. The van der Waals surface area contributed by atoms with E-state index in [1.54, 1.807) is 6.07 Å². The fraction of sp³-hybridized carbons (Fsp3) is 0.261. The Morgan fingerprint density at radius 2 is 2.03 bits per heavy atom. The zero-order valence-electron chi connectivity index (χ0n) is 17.8. The molecule has 2 bridgehead atoms. The molecule has 2 aliphatic heterocycles. The van der Waals surface area contributed by atoms with Crippen LogP contribution in [0.15, 0.2) is 36.7 Å². The Kier molecular flexibility index (Phi) is 4.40. The Bertz CT molecular complexity index is 1490. The second-order valence-electron chi connectivity index (χ2n) is 9.12. The van der Waals surface area contributed by atoms with Crippen LogP contribution in [-0.2, 0) is 4.74 Å². The molecule has 34 heavy (non-hydrogen) atoms. The summed E-state index contributed by atoms with van der Waals surface area (Å²) in [5.41, 5.74) is -0.357. The van der Waals surface area contributed by atoms with Gasteiger partial charge in [-0.05, 0) is 25.1 Å². The van der Waals surface area contributed by atoms with Crippen molar-refractivity contribution in [1.29, 1.82) is 0 Å². The number of aromatic nitrogens is 4. The van der Waals surface area contributed by atoms with Gasteiger partial charge in [0.15, 0.2) is 0 Å². The zero-order valence-corrected chi connectivity index (χ0v) is 18.5. The second-order valence-corrected chi connectivity index (χ2v) is 9.48. The molecule has 4 aromatic rings. The van der Waals surface area contributed by atoms with E-state index in [9.17, 15) is 18.0 Å². The number of hydrogen-bond acceptors (Lipinski definition) is 4. The molecule has 7 nitrogen and oxygen atoms in total. The van der Waals surface area contributed by atoms with Crippen LogP contribution in [0.1, 0.15) is 30.1 Å². The lowest BCUT2D eigenvalue weighted by Gasteiger charge is -2.42. The van der Waals surface area contributed by atoms with E-state index >= 15 is 0 Å². The van der Waals surface area contributed by atoms with Gasteiger partial charge in [-0.1, -0.05) is 11.6 Å². The van der Waals surface area contributed by atoms with Crippen LogP contribution in [-0.4, -0.2) is 43.2 Å². The number of hydrogen-bond donors (Lipinski definition) is 2. The maximum Gasteiger partial charge on any atom is 0.251 e. The van der Waals surface area contributed by atoms with Gasteiger partial charge in [-0.3, -0.25) is 14.3 Å². The minimum absolute atomic E-state index is 0.0233. The molecule has 1 amide bonds. The largest absolute Gasteiger partial charge is 0.373 e. The summed E-state index contributed by atoms with van der Waals surface area (Å²) in [5, 5.41) is 8.79. The quantitative estimate of drug-likeness (QED) is 0.443. The Morgan fingerprint density at radius 3 is 2.71 bits per heavy atom. The molecule has 174 valence electrons. The van der Waals surface area contributed by atoms with Crippen molar-refractivity contribution in [3.8, 4) is 22.4 Å². The predicted octanol–water partition coefficient (Wildman–Crippen LogP) is 4.51. The number of nitrogens with zero attached hydrogens (tertiary/aromatic N) is 3. The molecule has 0 unspecified atom stereocenters. The first-order valence-corrected chi connectivity index (χ1v) is 10.9. The number of amides is 1. The lowest BCUT2D eigenvalue weighted by atomic mass is 9.69. The first kappa shape index (κ1) is 21.2. The van der Waals surface area contributed by atoms with Gasteiger partial charge < -0.3 is 10.1 Å². The Labute approximate surface area is 195 Å². The normalized spacial score (nSPS) is 23.3. The monoisotopic (exact) mass is 487 g/mol. The van der Waals surface area contributed by atoms with Gasteiger partial charge in [0.25, 0.3) is 5.91 Å². The number of aromatic amines is 1. The molecule has 0 radical (unpaired) electrons. The van der Waals surface area contributed by atoms with Crippen LogP contribution in [0.4, 0.5) is 13.2 Å². The van der Waals surface area contributed by atoms with Gasteiger partial charge in [-0.25, -0.2) is 13.8 Å². The Balaban J connectivity index is 1.41. The molecule has 3 aliphatic rings. The average Bonchev–Trinajstić information content (AvgIpc) is 3.49.